The number of likely N-dealkylation sites (tertiary alicyclic amines) is 1. The van der Waals surface area contributed by atoms with Crippen molar-refractivity contribution in [1.29, 1.82) is 0 Å². The molecule has 0 aromatic rings. The van der Waals surface area contributed by atoms with E-state index in [0.29, 0.717) is 19.3 Å². The number of ether oxygens (including phenoxy) is 2. The lowest BCUT2D eigenvalue weighted by Crippen LogP contribution is -2.33. The van der Waals surface area contributed by atoms with Gasteiger partial charge in [0, 0.05) is 19.7 Å². The third-order valence-electron chi connectivity index (χ3n) is 3.38. The quantitative estimate of drug-likeness (QED) is 0.649. The molecule has 0 amide bonds. The Bertz CT molecular complexity index is 179. The van der Waals surface area contributed by atoms with Gasteiger partial charge in [-0.15, -0.1) is 0 Å². The maximum Gasteiger partial charge on any atom is 0.0700 e. The molecule has 4 heteroatoms. The predicted molar refractivity (Wildman–Crippen MR) is 70.5 cm³/mol. The van der Waals surface area contributed by atoms with Crippen LogP contribution in [0.5, 0.6) is 0 Å². The first-order chi connectivity index (χ1) is 8.36. The van der Waals surface area contributed by atoms with Crippen molar-refractivity contribution in [3.05, 3.63) is 0 Å². The topological polar surface area (TPSA) is 33.7 Å². The second-order valence-corrected chi connectivity index (χ2v) is 4.62. The number of methoxy groups -OCH3 is 1. The van der Waals surface area contributed by atoms with Crippen LogP contribution < -0.4 is 5.32 Å². The second-order valence-electron chi connectivity index (χ2n) is 4.62. The molecule has 1 aliphatic heterocycles. The lowest BCUT2D eigenvalue weighted by atomic mass is 10.1. The molecule has 0 spiro atoms. The molecule has 0 bridgehead atoms. The van der Waals surface area contributed by atoms with Gasteiger partial charge in [0.05, 0.1) is 19.8 Å². The molecule has 0 saturated carbocycles. The van der Waals surface area contributed by atoms with Crippen molar-refractivity contribution in [2.45, 2.75) is 32.2 Å². The van der Waals surface area contributed by atoms with Crippen LogP contribution >= 0.6 is 0 Å². The lowest BCUT2D eigenvalue weighted by Gasteiger charge is -2.18. The average Bonchev–Trinajstić information content (AvgIpc) is 2.59. The monoisotopic (exact) mass is 244 g/mol. The molecule has 102 valence electrons. The standard InChI is InChI=1S/C13H28N2O2/c1-3-15-8-4-5-13(6-9-15)14-7-10-17-12-11-16-2/h13-14H,3-12H2,1-2H3. The lowest BCUT2D eigenvalue weighted by molar-refractivity contribution is 0.0708. The Labute approximate surface area is 106 Å². The third kappa shape index (κ3) is 6.99. The normalized spacial score (nSPS) is 22.6. The van der Waals surface area contributed by atoms with Gasteiger partial charge < -0.3 is 19.7 Å². The summed E-state index contributed by atoms with van der Waals surface area (Å²) in [6.07, 6.45) is 3.89. The first kappa shape index (κ1) is 14.9. The molecule has 1 fully saturated rings. The van der Waals surface area contributed by atoms with Crippen LogP contribution in [0.4, 0.5) is 0 Å². The first-order valence-electron chi connectivity index (χ1n) is 6.89. The highest BCUT2D eigenvalue weighted by Gasteiger charge is 2.14. The van der Waals surface area contributed by atoms with Crippen LogP contribution in [0, 0.1) is 0 Å². The van der Waals surface area contributed by atoms with Gasteiger partial charge in [0.25, 0.3) is 0 Å². The summed E-state index contributed by atoms with van der Waals surface area (Å²) in [4.78, 5) is 2.54. The van der Waals surface area contributed by atoms with Gasteiger partial charge >= 0.3 is 0 Å². The molecule has 0 aromatic carbocycles. The van der Waals surface area contributed by atoms with E-state index in [-0.39, 0.29) is 0 Å². The summed E-state index contributed by atoms with van der Waals surface area (Å²) < 4.78 is 10.4. The van der Waals surface area contributed by atoms with E-state index in [1.54, 1.807) is 7.11 Å². The van der Waals surface area contributed by atoms with E-state index in [1.807, 2.05) is 0 Å². The van der Waals surface area contributed by atoms with Crippen LogP contribution in [0.15, 0.2) is 0 Å². The van der Waals surface area contributed by atoms with Gasteiger partial charge in [0.15, 0.2) is 0 Å². The zero-order valence-electron chi connectivity index (χ0n) is 11.4. The Morgan fingerprint density at radius 1 is 1.18 bits per heavy atom. The zero-order chi connectivity index (χ0) is 12.3. The fourth-order valence-corrected chi connectivity index (χ4v) is 2.26. The largest absolute Gasteiger partial charge is 0.382 e. The highest BCUT2D eigenvalue weighted by atomic mass is 16.5. The minimum Gasteiger partial charge on any atom is -0.382 e. The summed E-state index contributed by atoms with van der Waals surface area (Å²) >= 11 is 0. The molecule has 1 unspecified atom stereocenters. The van der Waals surface area contributed by atoms with E-state index >= 15 is 0 Å². The first-order valence-corrected chi connectivity index (χ1v) is 6.89. The average molecular weight is 244 g/mol. The van der Waals surface area contributed by atoms with Gasteiger partial charge in [-0.05, 0) is 38.9 Å². The number of hydrogen-bond donors (Lipinski definition) is 1. The van der Waals surface area contributed by atoms with Crippen molar-refractivity contribution in [3.8, 4) is 0 Å². The van der Waals surface area contributed by atoms with Crippen LogP contribution in [0.25, 0.3) is 0 Å². The van der Waals surface area contributed by atoms with Crippen LogP contribution in [0.3, 0.4) is 0 Å². The van der Waals surface area contributed by atoms with Crippen molar-refractivity contribution in [1.82, 2.24) is 10.2 Å². The summed E-state index contributed by atoms with van der Waals surface area (Å²) in [7, 11) is 1.70. The van der Waals surface area contributed by atoms with Gasteiger partial charge in [0.1, 0.15) is 0 Å². The summed E-state index contributed by atoms with van der Waals surface area (Å²) in [5.41, 5.74) is 0. The van der Waals surface area contributed by atoms with Crippen LogP contribution in [0.1, 0.15) is 26.2 Å². The molecule has 1 atom stereocenters. The highest BCUT2D eigenvalue weighted by Crippen LogP contribution is 2.10. The summed E-state index contributed by atoms with van der Waals surface area (Å²) in [5, 5.41) is 3.59. The SMILES string of the molecule is CCN1CCCC(NCCOCCOC)CC1. The van der Waals surface area contributed by atoms with E-state index in [0.717, 1.165) is 13.2 Å². The van der Waals surface area contributed by atoms with E-state index in [4.69, 9.17) is 9.47 Å². The Balaban J connectivity index is 1.99. The van der Waals surface area contributed by atoms with Crippen LogP contribution in [-0.4, -0.2) is 64.1 Å². The maximum atomic E-state index is 5.44. The smallest absolute Gasteiger partial charge is 0.0700 e. The molecule has 1 heterocycles. The number of rotatable bonds is 8. The predicted octanol–water partition coefficient (Wildman–Crippen LogP) is 1.11. The molecule has 0 aromatic heterocycles. The number of nitrogens with one attached hydrogen (secondary N) is 1. The van der Waals surface area contributed by atoms with Crippen LogP contribution in [-0.2, 0) is 9.47 Å². The van der Waals surface area contributed by atoms with E-state index < -0.39 is 0 Å². The summed E-state index contributed by atoms with van der Waals surface area (Å²) in [5.74, 6) is 0. The summed E-state index contributed by atoms with van der Waals surface area (Å²) in [6.45, 7) is 9.07. The van der Waals surface area contributed by atoms with E-state index in [9.17, 15) is 0 Å². The van der Waals surface area contributed by atoms with Gasteiger partial charge in [-0.25, -0.2) is 0 Å². The molecule has 1 aliphatic rings. The van der Waals surface area contributed by atoms with Crippen molar-refractivity contribution < 1.29 is 9.47 Å². The van der Waals surface area contributed by atoms with Gasteiger partial charge in [-0.1, -0.05) is 6.92 Å². The minimum atomic E-state index is 0.678. The maximum absolute atomic E-state index is 5.44. The van der Waals surface area contributed by atoms with Crippen molar-refractivity contribution in [2.24, 2.45) is 0 Å². The molecule has 1 saturated heterocycles. The molecular weight excluding hydrogens is 216 g/mol. The molecule has 1 N–H and O–H groups in total. The Kier molecular flexibility index (Phi) is 8.61. The number of nitrogens with zero attached hydrogens (tertiary/aromatic N) is 1. The van der Waals surface area contributed by atoms with Crippen molar-refractivity contribution in [3.63, 3.8) is 0 Å². The molecular formula is C13H28N2O2. The Morgan fingerprint density at radius 3 is 2.82 bits per heavy atom. The van der Waals surface area contributed by atoms with Gasteiger partial charge in [-0.3, -0.25) is 0 Å². The van der Waals surface area contributed by atoms with E-state index in [2.05, 4.69) is 17.1 Å². The number of hydrogen-bond acceptors (Lipinski definition) is 4. The molecule has 1 rings (SSSR count). The van der Waals surface area contributed by atoms with Crippen molar-refractivity contribution in [2.75, 3.05) is 53.1 Å². The second kappa shape index (κ2) is 9.83. The fraction of sp³-hybridized carbons (Fsp3) is 1.00. The molecule has 4 nitrogen and oxygen atoms in total. The fourth-order valence-electron chi connectivity index (χ4n) is 2.26. The van der Waals surface area contributed by atoms with Crippen LogP contribution in [0.2, 0.25) is 0 Å². The van der Waals surface area contributed by atoms with Gasteiger partial charge in [-0.2, -0.15) is 0 Å². The molecule has 0 radical (unpaired) electrons. The Morgan fingerprint density at radius 2 is 2.06 bits per heavy atom. The van der Waals surface area contributed by atoms with Gasteiger partial charge in [0.2, 0.25) is 0 Å². The molecule has 0 aliphatic carbocycles. The minimum absolute atomic E-state index is 0.678. The third-order valence-corrected chi connectivity index (χ3v) is 3.38. The Hall–Kier alpha value is -0.160. The highest BCUT2D eigenvalue weighted by molar-refractivity contribution is 4.74. The van der Waals surface area contributed by atoms with Crippen molar-refractivity contribution >= 4 is 0 Å². The zero-order valence-corrected chi connectivity index (χ0v) is 11.4. The summed E-state index contributed by atoms with van der Waals surface area (Å²) in [6, 6.07) is 0.678. The van der Waals surface area contributed by atoms with E-state index in [1.165, 1.54) is 38.9 Å². The molecule has 17 heavy (non-hydrogen) atoms.